The van der Waals surface area contributed by atoms with Gasteiger partial charge in [-0.2, -0.15) is 0 Å². The summed E-state index contributed by atoms with van der Waals surface area (Å²) in [5, 5.41) is 0. The maximum Gasteiger partial charge on any atom is 0.381 e. The molecule has 0 aliphatic rings. The Labute approximate surface area is 68.8 Å². The molecule has 0 saturated carbocycles. The van der Waals surface area contributed by atoms with E-state index in [1.54, 1.807) is 19.1 Å². The minimum Gasteiger partial charge on any atom is -0.398 e. The van der Waals surface area contributed by atoms with Gasteiger partial charge in [0.25, 0.3) is 0 Å². The van der Waals surface area contributed by atoms with Crippen molar-refractivity contribution in [3.05, 3.63) is 29.3 Å². The normalized spacial score (nSPS) is 9.50. The van der Waals surface area contributed by atoms with E-state index in [2.05, 4.69) is 4.94 Å². The van der Waals surface area contributed by atoms with E-state index in [9.17, 15) is 9.32 Å². The smallest absolute Gasteiger partial charge is 0.381 e. The van der Waals surface area contributed by atoms with E-state index in [1.807, 2.05) is 0 Å². The minimum absolute atomic E-state index is 0.0532. The highest BCUT2D eigenvalue weighted by Gasteiger charge is 2.12. The second kappa shape index (κ2) is 3.21. The molecular formula is C8H8FNO2. The number of hydrogen-bond acceptors (Lipinski definition) is 3. The van der Waals surface area contributed by atoms with Crippen LogP contribution >= 0.6 is 0 Å². The Morgan fingerprint density at radius 2 is 2.25 bits per heavy atom. The van der Waals surface area contributed by atoms with Gasteiger partial charge in [0.15, 0.2) is 0 Å². The number of hydrogen-bond donors (Lipinski definition) is 1. The van der Waals surface area contributed by atoms with Crippen molar-refractivity contribution in [2.45, 2.75) is 6.92 Å². The summed E-state index contributed by atoms with van der Waals surface area (Å²) in [5.74, 6) is -1.06. The molecule has 0 amide bonds. The molecule has 0 radical (unpaired) electrons. The van der Waals surface area contributed by atoms with Gasteiger partial charge in [0.1, 0.15) is 0 Å². The van der Waals surface area contributed by atoms with Crippen LogP contribution in [0.4, 0.5) is 10.2 Å². The van der Waals surface area contributed by atoms with Gasteiger partial charge in [0.05, 0.1) is 5.56 Å². The highest BCUT2D eigenvalue weighted by atomic mass is 19.3. The molecular weight excluding hydrogens is 161 g/mol. The molecule has 0 saturated heterocycles. The first-order chi connectivity index (χ1) is 5.66. The number of halogens is 1. The highest BCUT2D eigenvalue weighted by Crippen LogP contribution is 2.17. The molecule has 1 aromatic rings. The summed E-state index contributed by atoms with van der Waals surface area (Å²) in [6, 6.07) is 4.74. The molecule has 3 nitrogen and oxygen atoms in total. The van der Waals surface area contributed by atoms with Crippen molar-refractivity contribution in [3.8, 4) is 0 Å². The van der Waals surface area contributed by atoms with Crippen LogP contribution in [0, 0.1) is 6.92 Å². The van der Waals surface area contributed by atoms with E-state index in [-0.39, 0.29) is 11.3 Å². The van der Waals surface area contributed by atoms with Crippen LogP contribution in [0.2, 0.25) is 0 Å². The van der Waals surface area contributed by atoms with Crippen LogP contribution < -0.4 is 5.73 Å². The first kappa shape index (κ1) is 8.52. The van der Waals surface area contributed by atoms with Crippen LogP contribution in [0.15, 0.2) is 18.2 Å². The number of aryl methyl sites for hydroxylation is 1. The van der Waals surface area contributed by atoms with Gasteiger partial charge in [0.2, 0.25) is 0 Å². The molecule has 0 bridgehead atoms. The van der Waals surface area contributed by atoms with E-state index < -0.39 is 5.97 Å². The van der Waals surface area contributed by atoms with Crippen LogP contribution in [0.5, 0.6) is 0 Å². The maximum atomic E-state index is 11.5. The number of carbonyl (C=O) groups is 1. The molecule has 0 atom stereocenters. The number of rotatable bonds is 1. The highest BCUT2D eigenvalue weighted by molar-refractivity contribution is 5.95. The molecule has 12 heavy (non-hydrogen) atoms. The second-order valence-electron chi connectivity index (χ2n) is 2.40. The van der Waals surface area contributed by atoms with E-state index in [4.69, 9.17) is 5.73 Å². The lowest BCUT2D eigenvalue weighted by Gasteiger charge is -2.02. The molecule has 64 valence electrons. The Balaban J connectivity index is 3.16. The third-order valence-corrected chi connectivity index (χ3v) is 1.61. The zero-order chi connectivity index (χ0) is 9.14. The molecule has 0 spiro atoms. The summed E-state index contributed by atoms with van der Waals surface area (Å²) in [5.41, 5.74) is 6.52. The standard InChI is InChI=1S/C8H8FNO2/c1-5-3-2-4-6(7(5)10)8(11)12-9/h2-4H,10H2,1H3. The largest absolute Gasteiger partial charge is 0.398 e. The number of anilines is 1. The van der Waals surface area contributed by atoms with Crippen molar-refractivity contribution in [2.24, 2.45) is 0 Å². The lowest BCUT2D eigenvalue weighted by molar-refractivity contribution is -0.0787. The fourth-order valence-electron chi connectivity index (χ4n) is 0.900. The Hall–Kier alpha value is -1.58. The van der Waals surface area contributed by atoms with Crippen molar-refractivity contribution in [1.29, 1.82) is 0 Å². The van der Waals surface area contributed by atoms with Crippen molar-refractivity contribution in [3.63, 3.8) is 0 Å². The summed E-state index contributed by atoms with van der Waals surface area (Å²) >= 11 is 0. The number of carbonyl (C=O) groups excluding carboxylic acids is 1. The van der Waals surface area contributed by atoms with Gasteiger partial charge in [-0.25, -0.2) is 9.74 Å². The molecule has 0 unspecified atom stereocenters. The zero-order valence-electron chi connectivity index (χ0n) is 6.50. The quantitative estimate of drug-likeness (QED) is 0.650. The Morgan fingerprint density at radius 1 is 1.58 bits per heavy atom. The summed E-state index contributed by atoms with van der Waals surface area (Å²) in [4.78, 5) is 13.8. The van der Waals surface area contributed by atoms with Gasteiger partial charge in [0, 0.05) is 10.2 Å². The van der Waals surface area contributed by atoms with Crippen molar-refractivity contribution in [2.75, 3.05) is 5.73 Å². The van der Waals surface area contributed by atoms with E-state index in [0.29, 0.717) is 0 Å². The van der Waals surface area contributed by atoms with Gasteiger partial charge in [-0.3, -0.25) is 0 Å². The third-order valence-electron chi connectivity index (χ3n) is 1.61. The van der Waals surface area contributed by atoms with Crippen LogP contribution in [-0.2, 0) is 4.94 Å². The predicted octanol–water partition coefficient (Wildman–Crippen LogP) is 1.62. The Kier molecular flexibility index (Phi) is 2.28. The molecule has 0 aliphatic carbocycles. The maximum absolute atomic E-state index is 11.5. The number of nitrogen functional groups attached to an aromatic ring is 1. The van der Waals surface area contributed by atoms with E-state index in [0.717, 1.165) is 5.56 Å². The number of benzene rings is 1. The van der Waals surface area contributed by atoms with Crippen LogP contribution in [0.1, 0.15) is 15.9 Å². The molecule has 0 aromatic heterocycles. The van der Waals surface area contributed by atoms with Crippen molar-refractivity contribution >= 4 is 11.7 Å². The summed E-state index contributed by atoms with van der Waals surface area (Å²) < 4.78 is 11.5. The molecule has 1 aromatic carbocycles. The summed E-state index contributed by atoms with van der Waals surface area (Å²) in [6.45, 7) is 1.73. The monoisotopic (exact) mass is 169 g/mol. The summed E-state index contributed by atoms with van der Waals surface area (Å²) in [7, 11) is 0. The lowest BCUT2D eigenvalue weighted by Crippen LogP contribution is -2.04. The molecule has 0 fully saturated rings. The fraction of sp³-hybridized carbons (Fsp3) is 0.125. The average molecular weight is 169 g/mol. The molecule has 1 rings (SSSR count). The average Bonchev–Trinajstić information content (AvgIpc) is 2.08. The SMILES string of the molecule is Cc1cccc(C(=O)OF)c1N. The number of nitrogens with two attached hydrogens (primary N) is 1. The van der Waals surface area contributed by atoms with Crippen molar-refractivity contribution < 1.29 is 14.3 Å². The van der Waals surface area contributed by atoms with Gasteiger partial charge in [-0.1, -0.05) is 12.1 Å². The van der Waals surface area contributed by atoms with E-state index in [1.165, 1.54) is 6.07 Å². The number of para-hydroxylation sites is 1. The fourth-order valence-corrected chi connectivity index (χ4v) is 0.900. The lowest BCUT2D eigenvalue weighted by atomic mass is 10.1. The van der Waals surface area contributed by atoms with Gasteiger partial charge in [-0.05, 0) is 18.6 Å². The Morgan fingerprint density at radius 3 is 2.83 bits per heavy atom. The van der Waals surface area contributed by atoms with E-state index >= 15 is 0 Å². The first-order valence-corrected chi connectivity index (χ1v) is 3.35. The summed E-state index contributed by atoms with van der Waals surface area (Å²) in [6.07, 6.45) is 0. The van der Waals surface area contributed by atoms with Crippen LogP contribution in [0.25, 0.3) is 0 Å². The molecule has 4 heteroatoms. The van der Waals surface area contributed by atoms with Gasteiger partial charge < -0.3 is 5.73 Å². The topological polar surface area (TPSA) is 52.3 Å². The van der Waals surface area contributed by atoms with Crippen LogP contribution in [0.3, 0.4) is 0 Å². The zero-order valence-corrected chi connectivity index (χ0v) is 6.50. The minimum atomic E-state index is -1.06. The van der Waals surface area contributed by atoms with Gasteiger partial charge >= 0.3 is 5.97 Å². The first-order valence-electron chi connectivity index (χ1n) is 3.35. The van der Waals surface area contributed by atoms with Crippen molar-refractivity contribution in [1.82, 2.24) is 0 Å². The predicted molar refractivity (Wildman–Crippen MR) is 42.1 cm³/mol. The molecule has 2 N–H and O–H groups in total. The van der Waals surface area contributed by atoms with Gasteiger partial charge in [-0.15, -0.1) is 0 Å². The molecule has 0 heterocycles. The second-order valence-corrected chi connectivity index (χ2v) is 2.40. The molecule has 0 aliphatic heterocycles. The third kappa shape index (κ3) is 1.37. The van der Waals surface area contributed by atoms with Crippen LogP contribution in [-0.4, -0.2) is 5.97 Å². The Bertz CT molecular complexity index is 312.